The van der Waals surface area contributed by atoms with Crippen LogP contribution in [-0.4, -0.2) is 30.7 Å². The maximum absolute atomic E-state index is 14.0. The van der Waals surface area contributed by atoms with Gasteiger partial charge in [0.1, 0.15) is 17.5 Å². The molecule has 2 heterocycles. The van der Waals surface area contributed by atoms with E-state index in [1.165, 1.54) is 6.07 Å². The lowest BCUT2D eigenvalue weighted by atomic mass is 10.1. The monoisotopic (exact) mass is 311 g/mol. The van der Waals surface area contributed by atoms with Crippen LogP contribution in [0.5, 0.6) is 0 Å². The second kappa shape index (κ2) is 5.39. The topological polar surface area (TPSA) is 28.2 Å². The van der Waals surface area contributed by atoms with Gasteiger partial charge in [-0.1, -0.05) is 11.6 Å². The SMILES string of the molecule is Cc1c(N2CCNCC2C)nc2cc(F)cc(F)c2c1Cl. The highest BCUT2D eigenvalue weighted by Gasteiger charge is 2.24. The number of nitrogens with one attached hydrogen (secondary N) is 1. The zero-order valence-corrected chi connectivity index (χ0v) is 12.6. The summed E-state index contributed by atoms with van der Waals surface area (Å²) in [6, 6.07) is 2.31. The number of piperazine rings is 1. The van der Waals surface area contributed by atoms with Gasteiger partial charge in [0.15, 0.2) is 0 Å². The molecular weight excluding hydrogens is 296 g/mol. The quantitative estimate of drug-likeness (QED) is 0.876. The van der Waals surface area contributed by atoms with Gasteiger partial charge in [0.05, 0.1) is 15.9 Å². The Morgan fingerprint density at radius 1 is 1.38 bits per heavy atom. The Labute approximate surface area is 126 Å². The fourth-order valence-corrected chi connectivity index (χ4v) is 3.06. The molecule has 6 heteroatoms. The van der Waals surface area contributed by atoms with Crippen LogP contribution in [-0.2, 0) is 0 Å². The minimum Gasteiger partial charge on any atom is -0.351 e. The Balaban J connectivity index is 2.22. The van der Waals surface area contributed by atoms with Crippen LogP contribution in [0.4, 0.5) is 14.6 Å². The van der Waals surface area contributed by atoms with Gasteiger partial charge in [0, 0.05) is 43.4 Å². The molecule has 1 fully saturated rings. The van der Waals surface area contributed by atoms with E-state index < -0.39 is 11.6 Å². The number of halogens is 3. The molecule has 1 unspecified atom stereocenters. The highest BCUT2D eigenvalue weighted by Crippen LogP contribution is 2.34. The molecule has 0 spiro atoms. The standard InChI is InChI=1S/C15H16ClF2N3/c1-8-7-19-3-4-21(8)15-9(2)14(16)13-11(18)5-10(17)6-12(13)20-15/h5-6,8,19H,3-4,7H2,1-2H3. The van der Waals surface area contributed by atoms with Crippen LogP contribution in [0.2, 0.25) is 5.02 Å². The Hall–Kier alpha value is -1.46. The van der Waals surface area contributed by atoms with Crippen molar-refractivity contribution in [2.75, 3.05) is 24.5 Å². The highest BCUT2D eigenvalue weighted by molar-refractivity contribution is 6.36. The van der Waals surface area contributed by atoms with Crippen LogP contribution in [0, 0.1) is 18.6 Å². The molecule has 3 rings (SSSR count). The summed E-state index contributed by atoms with van der Waals surface area (Å²) in [6.45, 7) is 6.38. The molecule has 1 saturated heterocycles. The summed E-state index contributed by atoms with van der Waals surface area (Å²) in [5.74, 6) is -0.622. The molecule has 1 aromatic carbocycles. The van der Waals surface area contributed by atoms with Crippen molar-refractivity contribution < 1.29 is 8.78 Å². The molecule has 0 radical (unpaired) electrons. The lowest BCUT2D eigenvalue weighted by Crippen LogP contribution is -2.50. The first kappa shape index (κ1) is 14.5. The van der Waals surface area contributed by atoms with E-state index in [9.17, 15) is 8.78 Å². The van der Waals surface area contributed by atoms with E-state index in [4.69, 9.17) is 11.6 Å². The first-order chi connectivity index (χ1) is 9.99. The Kier molecular flexibility index (Phi) is 3.71. The van der Waals surface area contributed by atoms with E-state index in [0.717, 1.165) is 31.3 Å². The van der Waals surface area contributed by atoms with Gasteiger partial charge in [-0.2, -0.15) is 0 Å². The molecule has 1 N–H and O–H groups in total. The summed E-state index contributed by atoms with van der Waals surface area (Å²) in [6.07, 6.45) is 0. The number of hydrogen-bond acceptors (Lipinski definition) is 3. The molecule has 1 aliphatic rings. The molecule has 1 aromatic heterocycles. The van der Waals surface area contributed by atoms with Crippen LogP contribution in [0.25, 0.3) is 10.9 Å². The molecule has 2 aromatic rings. The number of hydrogen-bond donors (Lipinski definition) is 1. The molecule has 112 valence electrons. The third-order valence-corrected chi connectivity index (χ3v) is 4.39. The van der Waals surface area contributed by atoms with Crippen LogP contribution in [0.3, 0.4) is 0 Å². The lowest BCUT2D eigenvalue weighted by Gasteiger charge is -2.36. The van der Waals surface area contributed by atoms with Gasteiger partial charge in [0.25, 0.3) is 0 Å². The summed E-state index contributed by atoms with van der Waals surface area (Å²) >= 11 is 6.31. The van der Waals surface area contributed by atoms with Crippen molar-refractivity contribution in [3.63, 3.8) is 0 Å². The van der Waals surface area contributed by atoms with E-state index >= 15 is 0 Å². The minimum absolute atomic E-state index is 0.183. The summed E-state index contributed by atoms with van der Waals surface area (Å²) < 4.78 is 27.4. The van der Waals surface area contributed by atoms with Crippen molar-refractivity contribution in [3.05, 3.63) is 34.4 Å². The molecule has 0 amide bonds. The molecule has 0 bridgehead atoms. The molecule has 3 nitrogen and oxygen atoms in total. The van der Waals surface area contributed by atoms with Crippen molar-refractivity contribution in [1.29, 1.82) is 0 Å². The number of pyridine rings is 1. The number of benzene rings is 1. The normalized spacial score (nSPS) is 19.3. The Morgan fingerprint density at radius 2 is 2.14 bits per heavy atom. The van der Waals surface area contributed by atoms with Crippen molar-refractivity contribution in [2.45, 2.75) is 19.9 Å². The van der Waals surface area contributed by atoms with E-state index in [1.54, 1.807) is 0 Å². The summed E-state index contributed by atoms with van der Waals surface area (Å²) in [5, 5.41) is 3.79. The molecule has 0 aliphatic carbocycles. The Morgan fingerprint density at radius 3 is 2.86 bits per heavy atom. The fourth-order valence-electron chi connectivity index (χ4n) is 2.78. The first-order valence-electron chi connectivity index (χ1n) is 6.91. The smallest absolute Gasteiger partial charge is 0.137 e. The largest absolute Gasteiger partial charge is 0.351 e. The van der Waals surface area contributed by atoms with E-state index in [1.807, 2.05) is 6.92 Å². The second-order valence-corrected chi connectivity index (χ2v) is 5.78. The maximum Gasteiger partial charge on any atom is 0.137 e. The average Bonchev–Trinajstić information content (AvgIpc) is 2.43. The number of fused-ring (bicyclic) bond motifs is 1. The third-order valence-electron chi connectivity index (χ3n) is 3.92. The predicted molar refractivity (Wildman–Crippen MR) is 81.1 cm³/mol. The van der Waals surface area contributed by atoms with Gasteiger partial charge in [0.2, 0.25) is 0 Å². The third kappa shape index (κ3) is 2.45. The second-order valence-electron chi connectivity index (χ2n) is 5.40. The van der Waals surface area contributed by atoms with Crippen LogP contribution >= 0.6 is 11.6 Å². The van der Waals surface area contributed by atoms with Crippen molar-refractivity contribution in [3.8, 4) is 0 Å². The average molecular weight is 312 g/mol. The summed E-state index contributed by atoms with van der Waals surface area (Å²) in [7, 11) is 0. The molecule has 1 aliphatic heterocycles. The van der Waals surface area contributed by atoms with Crippen LogP contribution in [0.1, 0.15) is 12.5 Å². The number of anilines is 1. The zero-order chi connectivity index (χ0) is 15.1. The van der Waals surface area contributed by atoms with E-state index in [2.05, 4.69) is 22.1 Å². The number of rotatable bonds is 1. The van der Waals surface area contributed by atoms with Crippen LogP contribution < -0.4 is 10.2 Å². The highest BCUT2D eigenvalue weighted by atomic mass is 35.5. The van der Waals surface area contributed by atoms with Gasteiger partial charge in [-0.05, 0) is 13.8 Å². The summed E-state index contributed by atoms with van der Waals surface area (Å²) in [5.41, 5.74) is 0.979. The molecular formula is C15H16ClF2N3. The van der Waals surface area contributed by atoms with E-state index in [-0.39, 0.29) is 16.9 Å². The van der Waals surface area contributed by atoms with E-state index in [0.29, 0.717) is 10.8 Å². The van der Waals surface area contributed by atoms with Gasteiger partial charge in [-0.15, -0.1) is 0 Å². The molecule has 1 atom stereocenters. The van der Waals surface area contributed by atoms with Gasteiger partial charge in [-0.25, -0.2) is 13.8 Å². The number of nitrogens with zero attached hydrogens (tertiary/aromatic N) is 2. The number of aromatic nitrogens is 1. The Bertz CT molecular complexity index is 705. The van der Waals surface area contributed by atoms with Gasteiger partial charge in [-0.3, -0.25) is 0 Å². The fraction of sp³-hybridized carbons (Fsp3) is 0.400. The van der Waals surface area contributed by atoms with Crippen molar-refractivity contribution in [2.24, 2.45) is 0 Å². The minimum atomic E-state index is -0.675. The molecule has 0 saturated carbocycles. The predicted octanol–water partition coefficient (Wildman–Crippen LogP) is 3.27. The van der Waals surface area contributed by atoms with Gasteiger partial charge < -0.3 is 10.2 Å². The van der Waals surface area contributed by atoms with Crippen molar-refractivity contribution >= 4 is 28.3 Å². The van der Waals surface area contributed by atoms with Gasteiger partial charge >= 0.3 is 0 Å². The zero-order valence-electron chi connectivity index (χ0n) is 11.9. The molecule has 21 heavy (non-hydrogen) atoms. The summed E-state index contributed by atoms with van der Waals surface area (Å²) in [4.78, 5) is 6.59. The maximum atomic E-state index is 14.0. The first-order valence-corrected chi connectivity index (χ1v) is 7.29. The van der Waals surface area contributed by atoms with Crippen LogP contribution in [0.15, 0.2) is 12.1 Å². The lowest BCUT2D eigenvalue weighted by molar-refractivity contribution is 0.497. The van der Waals surface area contributed by atoms with Crippen molar-refractivity contribution in [1.82, 2.24) is 10.3 Å².